The Kier molecular flexibility index (Phi) is 5.46. The van der Waals surface area contributed by atoms with E-state index in [1.165, 1.54) is 0 Å². The summed E-state index contributed by atoms with van der Waals surface area (Å²) in [6, 6.07) is 19.2. The van der Waals surface area contributed by atoms with Gasteiger partial charge in [0.2, 0.25) is 5.91 Å². The highest BCUT2D eigenvalue weighted by Gasteiger charge is 2.45. The van der Waals surface area contributed by atoms with Gasteiger partial charge in [-0.1, -0.05) is 67.6 Å². The molecule has 1 fully saturated rings. The lowest BCUT2D eigenvalue weighted by Gasteiger charge is -2.37. The van der Waals surface area contributed by atoms with Gasteiger partial charge in [-0.15, -0.1) is 0 Å². The second-order valence-corrected chi connectivity index (χ2v) is 6.10. The Bertz CT molecular complexity index is 718. The van der Waals surface area contributed by atoms with Crippen LogP contribution in [0.25, 0.3) is 0 Å². The van der Waals surface area contributed by atoms with Gasteiger partial charge < -0.3 is 4.74 Å². The third-order valence-corrected chi connectivity index (χ3v) is 4.40. The van der Waals surface area contributed by atoms with Crippen LogP contribution in [-0.2, 0) is 14.3 Å². The van der Waals surface area contributed by atoms with Crippen molar-refractivity contribution in [2.24, 2.45) is 5.92 Å². The fourth-order valence-electron chi connectivity index (χ4n) is 3.23. The zero-order chi connectivity index (χ0) is 17.6. The molecule has 2 aromatic carbocycles. The number of carbonyl (C=O) groups is 2. The molecule has 5 nitrogen and oxygen atoms in total. The topological polar surface area (TPSA) is 67.4 Å². The monoisotopic (exact) mass is 338 g/mol. The van der Waals surface area contributed by atoms with E-state index in [9.17, 15) is 9.59 Å². The molecule has 3 rings (SSSR count). The van der Waals surface area contributed by atoms with Crippen molar-refractivity contribution in [2.75, 3.05) is 6.61 Å². The number of hydrogen-bond donors (Lipinski definition) is 2. The zero-order valence-corrected chi connectivity index (χ0v) is 14.1. The molecule has 1 amide bonds. The molecule has 1 aliphatic heterocycles. The largest absolute Gasteiger partial charge is 0.465 e. The van der Waals surface area contributed by atoms with Crippen molar-refractivity contribution in [3.05, 3.63) is 71.8 Å². The summed E-state index contributed by atoms with van der Waals surface area (Å²) >= 11 is 0. The first-order valence-corrected chi connectivity index (χ1v) is 8.54. The van der Waals surface area contributed by atoms with E-state index in [0.29, 0.717) is 6.61 Å². The quantitative estimate of drug-likeness (QED) is 0.650. The van der Waals surface area contributed by atoms with Crippen LogP contribution >= 0.6 is 0 Å². The van der Waals surface area contributed by atoms with Crippen LogP contribution in [0, 0.1) is 5.92 Å². The van der Waals surface area contributed by atoms with E-state index in [1.807, 2.05) is 67.6 Å². The number of hydrogen-bond acceptors (Lipinski definition) is 4. The number of ether oxygens (including phenoxy) is 1. The summed E-state index contributed by atoms with van der Waals surface area (Å²) in [4.78, 5) is 25.1. The highest BCUT2D eigenvalue weighted by Crippen LogP contribution is 2.39. The lowest BCUT2D eigenvalue weighted by Crippen LogP contribution is -2.55. The van der Waals surface area contributed by atoms with Crippen molar-refractivity contribution >= 4 is 11.9 Å². The van der Waals surface area contributed by atoms with Gasteiger partial charge in [0.05, 0.1) is 12.6 Å². The highest BCUT2D eigenvalue weighted by molar-refractivity contribution is 5.99. The second-order valence-electron chi connectivity index (χ2n) is 6.10. The molecule has 0 spiro atoms. The summed E-state index contributed by atoms with van der Waals surface area (Å²) in [7, 11) is 0. The fourth-order valence-corrected chi connectivity index (χ4v) is 3.23. The van der Waals surface area contributed by atoms with E-state index >= 15 is 0 Å². The first-order valence-electron chi connectivity index (χ1n) is 8.54. The van der Waals surface area contributed by atoms with Crippen LogP contribution in [0.1, 0.15) is 36.4 Å². The number of esters is 1. The van der Waals surface area contributed by atoms with E-state index in [1.54, 1.807) is 0 Å². The van der Waals surface area contributed by atoms with Crippen LogP contribution in [0.15, 0.2) is 60.7 Å². The maximum absolute atomic E-state index is 12.6. The Morgan fingerprint density at radius 3 is 2.20 bits per heavy atom. The van der Waals surface area contributed by atoms with Gasteiger partial charge in [-0.3, -0.25) is 15.0 Å². The lowest BCUT2D eigenvalue weighted by molar-refractivity contribution is -0.156. The molecule has 1 aliphatic rings. The Morgan fingerprint density at radius 1 is 1.00 bits per heavy atom. The van der Waals surface area contributed by atoms with Gasteiger partial charge in [-0.2, -0.15) is 0 Å². The van der Waals surface area contributed by atoms with Gasteiger partial charge in [0.1, 0.15) is 5.92 Å². The predicted octanol–water partition coefficient (Wildman–Crippen LogP) is 2.72. The Hall–Kier alpha value is -2.66. The van der Waals surface area contributed by atoms with Gasteiger partial charge in [0.15, 0.2) is 0 Å². The van der Waals surface area contributed by atoms with Crippen molar-refractivity contribution < 1.29 is 14.3 Å². The molecular formula is C20H22N2O3. The SMILES string of the molecule is CCCOC(=O)C1C(=O)NNC(c2ccccc2)C1c1ccccc1. The molecule has 3 unspecified atom stereocenters. The van der Waals surface area contributed by atoms with Crippen molar-refractivity contribution in [3.63, 3.8) is 0 Å². The average Bonchev–Trinajstić information content (AvgIpc) is 2.67. The molecule has 0 aliphatic carbocycles. The molecule has 0 radical (unpaired) electrons. The number of hydrazine groups is 1. The maximum atomic E-state index is 12.6. The molecule has 3 atom stereocenters. The van der Waals surface area contributed by atoms with Gasteiger partial charge in [0, 0.05) is 5.92 Å². The fraction of sp³-hybridized carbons (Fsp3) is 0.300. The Morgan fingerprint density at radius 2 is 1.60 bits per heavy atom. The van der Waals surface area contributed by atoms with E-state index in [-0.39, 0.29) is 17.9 Å². The predicted molar refractivity (Wildman–Crippen MR) is 94.4 cm³/mol. The molecule has 2 N–H and O–H groups in total. The Labute approximate surface area is 147 Å². The van der Waals surface area contributed by atoms with E-state index in [0.717, 1.165) is 17.5 Å². The summed E-state index contributed by atoms with van der Waals surface area (Å²) < 4.78 is 5.31. The van der Waals surface area contributed by atoms with Crippen LogP contribution in [0.5, 0.6) is 0 Å². The number of carbonyl (C=O) groups excluding carboxylic acids is 2. The normalized spacial score (nSPS) is 22.9. The average molecular weight is 338 g/mol. The molecule has 0 saturated carbocycles. The van der Waals surface area contributed by atoms with Crippen molar-refractivity contribution in [1.29, 1.82) is 0 Å². The second kappa shape index (κ2) is 7.94. The van der Waals surface area contributed by atoms with Gasteiger partial charge in [0.25, 0.3) is 0 Å². The van der Waals surface area contributed by atoms with Gasteiger partial charge >= 0.3 is 5.97 Å². The van der Waals surface area contributed by atoms with E-state index < -0.39 is 11.9 Å². The Balaban J connectivity index is 2.01. The summed E-state index contributed by atoms with van der Waals surface area (Å²) in [5, 5.41) is 0. The van der Waals surface area contributed by atoms with E-state index in [4.69, 9.17) is 4.74 Å². The summed E-state index contributed by atoms with van der Waals surface area (Å²) in [5.74, 6) is -2.07. The third-order valence-electron chi connectivity index (χ3n) is 4.40. The van der Waals surface area contributed by atoms with Crippen molar-refractivity contribution in [2.45, 2.75) is 25.3 Å². The molecule has 1 saturated heterocycles. The van der Waals surface area contributed by atoms with Crippen LogP contribution < -0.4 is 10.9 Å². The smallest absolute Gasteiger partial charge is 0.319 e. The number of amides is 1. The highest BCUT2D eigenvalue weighted by atomic mass is 16.5. The number of rotatable bonds is 5. The first-order chi connectivity index (χ1) is 12.2. The van der Waals surface area contributed by atoms with E-state index in [2.05, 4.69) is 10.9 Å². The summed E-state index contributed by atoms with van der Waals surface area (Å²) in [5.41, 5.74) is 7.65. The lowest BCUT2D eigenvalue weighted by atomic mass is 9.76. The third kappa shape index (κ3) is 3.72. The molecule has 5 heteroatoms. The maximum Gasteiger partial charge on any atom is 0.319 e. The minimum absolute atomic E-state index is 0.222. The zero-order valence-electron chi connectivity index (χ0n) is 14.1. The van der Waals surface area contributed by atoms with Crippen molar-refractivity contribution in [3.8, 4) is 0 Å². The molecule has 1 heterocycles. The molecule has 130 valence electrons. The molecule has 0 bridgehead atoms. The van der Waals surface area contributed by atoms with Crippen LogP contribution in [0.2, 0.25) is 0 Å². The molecular weight excluding hydrogens is 316 g/mol. The van der Waals surface area contributed by atoms with Crippen molar-refractivity contribution in [1.82, 2.24) is 10.9 Å². The first kappa shape index (κ1) is 17.2. The molecule has 2 aromatic rings. The van der Waals surface area contributed by atoms with Crippen LogP contribution in [-0.4, -0.2) is 18.5 Å². The minimum atomic E-state index is -0.889. The molecule has 25 heavy (non-hydrogen) atoms. The minimum Gasteiger partial charge on any atom is -0.465 e. The van der Waals surface area contributed by atoms with Crippen LogP contribution in [0.3, 0.4) is 0 Å². The molecule has 0 aromatic heterocycles. The summed E-state index contributed by atoms with van der Waals surface area (Å²) in [6.45, 7) is 2.24. The van der Waals surface area contributed by atoms with Gasteiger partial charge in [-0.25, -0.2) is 5.43 Å². The summed E-state index contributed by atoms with van der Waals surface area (Å²) in [6.07, 6.45) is 0.719. The van der Waals surface area contributed by atoms with Crippen LogP contribution in [0.4, 0.5) is 0 Å². The standard InChI is InChI=1S/C20H22N2O3/c1-2-13-25-20(24)17-16(14-9-5-3-6-10-14)18(21-22-19(17)23)15-11-7-4-8-12-15/h3-12,16-18,21H,2,13H2,1H3,(H,22,23). The number of nitrogens with one attached hydrogen (secondary N) is 2. The number of benzene rings is 2. The van der Waals surface area contributed by atoms with Gasteiger partial charge in [-0.05, 0) is 17.5 Å².